The zero-order chi connectivity index (χ0) is 13.8. The van der Waals surface area contributed by atoms with Gasteiger partial charge in [0.25, 0.3) is 0 Å². The molecule has 0 bridgehead atoms. The third kappa shape index (κ3) is 2.59. The maximum absolute atomic E-state index is 5.06. The first-order valence-corrected chi connectivity index (χ1v) is 7.01. The molecule has 0 radical (unpaired) electrons. The molecule has 2 aromatic heterocycles. The van der Waals surface area contributed by atoms with Crippen molar-refractivity contribution in [2.45, 2.75) is 18.9 Å². The van der Waals surface area contributed by atoms with Crippen LogP contribution in [0.3, 0.4) is 0 Å². The summed E-state index contributed by atoms with van der Waals surface area (Å²) in [6.07, 6.45) is 7.76. The molecule has 1 saturated heterocycles. The van der Waals surface area contributed by atoms with E-state index in [4.69, 9.17) is 4.74 Å². The Balaban J connectivity index is 1.73. The average molecular weight is 276 g/mol. The molecule has 1 fully saturated rings. The highest BCUT2D eigenvalue weighted by Crippen LogP contribution is 2.25. The van der Waals surface area contributed by atoms with Gasteiger partial charge in [-0.1, -0.05) is 0 Å². The van der Waals surface area contributed by atoms with Crippen LogP contribution in [0.25, 0.3) is 5.65 Å². The molecule has 20 heavy (non-hydrogen) atoms. The molecule has 7 nitrogen and oxygen atoms in total. The quantitative estimate of drug-likeness (QED) is 0.767. The largest absolute Gasteiger partial charge is 0.383 e. The number of fused-ring (bicyclic) bond motifs is 1. The molecule has 1 atom stereocenters. The second-order valence-electron chi connectivity index (χ2n) is 5.00. The van der Waals surface area contributed by atoms with Crippen molar-refractivity contribution in [3.8, 4) is 0 Å². The molecule has 3 heterocycles. The number of rotatable bonds is 6. The Morgan fingerprint density at radius 3 is 3.35 bits per heavy atom. The van der Waals surface area contributed by atoms with Gasteiger partial charge in [-0.2, -0.15) is 0 Å². The lowest BCUT2D eigenvalue weighted by Crippen LogP contribution is -2.39. The Morgan fingerprint density at radius 2 is 2.45 bits per heavy atom. The topological polar surface area (TPSA) is 67.6 Å². The summed E-state index contributed by atoms with van der Waals surface area (Å²) in [7, 11) is 1.72. The van der Waals surface area contributed by atoms with Crippen molar-refractivity contribution in [1.29, 1.82) is 0 Å². The summed E-state index contributed by atoms with van der Waals surface area (Å²) in [6.45, 7) is 3.59. The number of hydrogen-bond acceptors (Lipinski definition) is 6. The Labute approximate surface area is 118 Å². The first kappa shape index (κ1) is 13.3. The maximum Gasteiger partial charge on any atom is 0.203 e. The summed E-state index contributed by atoms with van der Waals surface area (Å²) in [5.41, 5.74) is 0.830. The lowest BCUT2D eigenvalue weighted by Gasteiger charge is -2.26. The van der Waals surface area contributed by atoms with Crippen molar-refractivity contribution < 1.29 is 4.74 Å². The lowest BCUT2D eigenvalue weighted by molar-refractivity contribution is 0.199. The van der Waals surface area contributed by atoms with E-state index in [2.05, 4.69) is 25.4 Å². The second kappa shape index (κ2) is 6.15. The molecule has 7 heteroatoms. The number of methoxy groups -OCH3 is 1. The van der Waals surface area contributed by atoms with E-state index in [1.54, 1.807) is 19.6 Å². The predicted molar refractivity (Wildman–Crippen MR) is 75.9 cm³/mol. The summed E-state index contributed by atoms with van der Waals surface area (Å²) in [5.74, 6) is 0.932. The highest BCUT2D eigenvalue weighted by molar-refractivity contribution is 5.64. The number of anilines is 1. The van der Waals surface area contributed by atoms with Crippen molar-refractivity contribution in [2.24, 2.45) is 0 Å². The van der Waals surface area contributed by atoms with E-state index in [1.165, 1.54) is 12.8 Å². The molecule has 0 amide bonds. The van der Waals surface area contributed by atoms with Crippen molar-refractivity contribution in [3.63, 3.8) is 0 Å². The number of aromatic nitrogens is 4. The van der Waals surface area contributed by atoms with Gasteiger partial charge in [-0.3, -0.25) is 4.40 Å². The molecular formula is C13H20N6O. The van der Waals surface area contributed by atoms with Gasteiger partial charge in [0.2, 0.25) is 5.65 Å². The standard InChI is InChI=1S/C13H20N6O/c1-20-8-5-14-9-11-3-2-6-19(11)12-13-17-16-10-18(13)7-4-15-12/h4,7,10-11,14H,2-3,5-6,8-9H2,1H3. The zero-order valence-electron chi connectivity index (χ0n) is 11.7. The minimum Gasteiger partial charge on any atom is -0.383 e. The normalized spacial score (nSPS) is 19.1. The highest BCUT2D eigenvalue weighted by Gasteiger charge is 2.27. The van der Waals surface area contributed by atoms with E-state index >= 15 is 0 Å². The van der Waals surface area contributed by atoms with Crippen molar-refractivity contribution >= 4 is 11.5 Å². The molecule has 1 N–H and O–H groups in total. The molecule has 1 aliphatic heterocycles. The Bertz CT molecular complexity index is 557. The van der Waals surface area contributed by atoms with E-state index in [-0.39, 0.29) is 0 Å². The van der Waals surface area contributed by atoms with Gasteiger partial charge in [0.1, 0.15) is 6.33 Å². The van der Waals surface area contributed by atoms with Gasteiger partial charge in [0.15, 0.2) is 5.82 Å². The number of ether oxygens (including phenoxy) is 1. The van der Waals surface area contributed by atoms with Gasteiger partial charge in [-0.25, -0.2) is 4.98 Å². The fraction of sp³-hybridized carbons (Fsp3) is 0.615. The minimum absolute atomic E-state index is 0.460. The fourth-order valence-corrected chi connectivity index (χ4v) is 2.72. The van der Waals surface area contributed by atoms with Crippen LogP contribution in [0, 0.1) is 0 Å². The average Bonchev–Trinajstić information content (AvgIpc) is 3.11. The second-order valence-corrected chi connectivity index (χ2v) is 5.00. The van der Waals surface area contributed by atoms with Crippen LogP contribution >= 0.6 is 0 Å². The van der Waals surface area contributed by atoms with E-state index in [0.717, 1.165) is 37.7 Å². The number of nitrogens with one attached hydrogen (secondary N) is 1. The molecule has 0 aromatic carbocycles. The van der Waals surface area contributed by atoms with Gasteiger partial charge < -0.3 is 15.0 Å². The molecule has 0 spiro atoms. The smallest absolute Gasteiger partial charge is 0.203 e. The van der Waals surface area contributed by atoms with Crippen LogP contribution in [-0.4, -0.2) is 59.0 Å². The SMILES string of the molecule is COCCNCC1CCCN1c1nccn2cnnc12. The summed E-state index contributed by atoms with van der Waals surface area (Å²) in [4.78, 5) is 6.84. The molecule has 3 rings (SSSR count). The molecule has 1 aliphatic rings. The summed E-state index contributed by atoms with van der Waals surface area (Å²) < 4.78 is 6.97. The Hall–Kier alpha value is -1.73. The van der Waals surface area contributed by atoms with Crippen LogP contribution in [0.2, 0.25) is 0 Å². The summed E-state index contributed by atoms with van der Waals surface area (Å²) in [5, 5.41) is 11.6. The van der Waals surface area contributed by atoms with Crippen LogP contribution in [0.1, 0.15) is 12.8 Å². The highest BCUT2D eigenvalue weighted by atomic mass is 16.5. The van der Waals surface area contributed by atoms with Gasteiger partial charge in [-0.05, 0) is 12.8 Å². The van der Waals surface area contributed by atoms with E-state index in [9.17, 15) is 0 Å². The first-order chi connectivity index (χ1) is 9.90. The Kier molecular flexibility index (Phi) is 4.08. The fourth-order valence-electron chi connectivity index (χ4n) is 2.72. The molecule has 108 valence electrons. The van der Waals surface area contributed by atoms with Crippen LogP contribution in [0.5, 0.6) is 0 Å². The number of nitrogens with zero attached hydrogens (tertiary/aromatic N) is 5. The van der Waals surface area contributed by atoms with E-state index in [1.807, 2.05) is 10.6 Å². The van der Waals surface area contributed by atoms with Crippen LogP contribution in [-0.2, 0) is 4.74 Å². The summed E-state index contributed by atoms with van der Waals surface area (Å²) >= 11 is 0. The van der Waals surface area contributed by atoms with Gasteiger partial charge >= 0.3 is 0 Å². The maximum atomic E-state index is 5.06. The van der Waals surface area contributed by atoms with E-state index in [0.29, 0.717) is 6.04 Å². The van der Waals surface area contributed by atoms with E-state index < -0.39 is 0 Å². The predicted octanol–water partition coefficient (Wildman–Crippen LogP) is 0.329. The van der Waals surface area contributed by atoms with Crippen LogP contribution in [0.4, 0.5) is 5.82 Å². The third-order valence-electron chi connectivity index (χ3n) is 3.71. The lowest BCUT2D eigenvalue weighted by atomic mass is 10.2. The van der Waals surface area contributed by atoms with Gasteiger partial charge in [0.05, 0.1) is 6.61 Å². The van der Waals surface area contributed by atoms with Gasteiger partial charge in [-0.15, -0.1) is 10.2 Å². The zero-order valence-corrected chi connectivity index (χ0v) is 11.7. The van der Waals surface area contributed by atoms with Gasteiger partial charge in [0, 0.05) is 45.2 Å². The first-order valence-electron chi connectivity index (χ1n) is 7.01. The molecule has 2 aromatic rings. The number of hydrogen-bond donors (Lipinski definition) is 1. The minimum atomic E-state index is 0.460. The molecular weight excluding hydrogens is 256 g/mol. The Morgan fingerprint density at radius 1 is 1.50 bits per heavy atom. The molecule has 0 aliphatic carbocycles. The van der Waals surface area contributed by atoms with Crippen molar-refractivity contribution in [1.82, 2.24) is 24.9 Å². The monoisotopic (exact) mass is 276 g/mol. The van der Waals surface area contributed by atoms with Crippen LogP contribution in [0.15, 0.2) is 18.7 Å². The third-order valence-corrected chi connectivity index (χ3v) is 3.71. The molecule has 1 unspecified atom stereocenters. The molecule has 0 saturated carbocycles. The van der Waals surface area contributed by atoms with Crippen LogP contribution < -0.4 is 10.2 Å². The van der Waals surface area contributed by atoms with Crippen molar-refractivity contribution in [3.05, 3.63) is 18.7 Å². The van der Waals surface area contributed by atoms with Crippen molar-refractivity contribution in [2.75, 3.05) is 38.3 Å². The summed E-state index contributed by atoms with van der Waals surface area (Å²) in [6, 6.07) is 0.460.